The molecule has 0 spiro atoms. The summed E-state index contributed by atoms with van der Waals surface area (Å²) in [7, 11) is 0. The zero-order valence-corrected chi connectivity index (χ0v) is 18.9. The third-order valence-corrected chi connectivity index (χ3v) is 8.89. The fourth-order valence-corrected chi connectivity index (χ4v) is 7.35. The Balaban J connectivity index is 1.38. The van der Waals surface area contributed by atoms with Gasteiger partial charge in [-0.05, 0) is 45.6 Å². The molecular formula is C21H33N5O4S. The van der Waals surface area contributed by atoms with Crippen LogP contribution in [0.4, 0.5) is 0 Å². The van der Waals surface area contributed by atoms with Crippen LogP contribution in [-0.4, -0.2) is 80.4 Å². The van der Waals surface area contributed by atoms with E-state index in [0.717, 1.165) is 50.1 Å². The fraction of sp³-hybridized carbons (Fsp3) is 0.762. The van der Waals surface area contributed by atoms with Crippen LogP contribution in [0.2, 0.25) is 0 Å². The Labute approximate surface area is 186 Å². The van der Waals surface area contributed by atoms with Gasteiger partial charge in [-0.25, -0.2) is 4.79 Å². The van der Waals surface area contributed by atoms with Gasteiger partial charge in [-0.15, -0.1) is 11.8 Å². The van der Waals surface area contributed by atoms with Crippen molar-refractivity contribution in [3.63, 3.8) is 0 Å². The van der Waals surface area contributed by atoms with Crippen molar-refractivity contribution >= 4 is 29.6 Å². The molecule has 5 atom stereocenters. The minimum atomic E-state index is -1.06. The summed E-state index contributed by atoms with van der Waals surface area (Å²) in [5.74, 6) is -1.88. The number of hydrogen-bond donors (Lipinski definition) is 5. The van der Waals surface area contributed by atoms with Crippen molar-refractivity contribution in [2.75, 3.05) is 13.1 Å². The van der Waals surface area contributed by atoms with E-state index in [4.69, 9.17) is 11.1 Å². The summed E-state index contributed by atoms with van der Waals surface area (Å²) < 4.78 is 0. The maximum absolute atomic E-state index is 12.5. The molecule has 3 heterocycles. The van der Waals surface area contributed by atoms with Gasteiger partial charge >= 0.3 is 5.97 Å². The smallest absolute Gasteiger partial charge is 0.353 e. The maximum atomic E-state index is 12.5. The molecular weight excluding hydrogens is 418 g/mol. The first-order valence-electron chi connectivity index (χ1n) is 11.2. The Hall–Kier alpha value is -1.78. The Bertz CT molecular complexity index is 795. The van der Waals surface area contributed by atoms with Gasteiger partial charge in [0.1, 0.15) is 5.70 Å². The van der Waals surface area contributed by atoms with Gasteiger partial charge in [0, 0.05) is 34.7 Å². The number of fused-ring (bicyclic) bond motifs is 1. The molecule has 172 valence electrons. The minimum absolute atomic E-state index is 0.0373. The van der Waals surface area contributed by atoms with Crippen LogP contribution in [0, 0.1) is 17.2 Å². The molecule has 0 aromatic carbocycles. The molecule has 31 heavy (non-hydrogen) atoms. The lowest BCUT2D eigenvalue weighted by Crippen LogP contribution is -2.63. The van der Waals surface area contributed by atoms with E-state index >= 15 is 0 Å². The molecule has 4 aliphatic rings. The lowest BCUT2D eigenvalue weighted by molar-refractivity contribution is -0.163. The van der Waals surface area contributed by atoms with Crippen molar-refractivity contribution < 1.29 is 19.8 Å². The van der Waals surface area contributed by atoms with E-state index < -0.39 is 18.0 Å². The third kappa shape index (κ3) is 4.05. The summed E-state index contributed by atoms with van der Waals surface area (Å²) in [6.45, 7) is 5.50. The van der Waals surface area contributed by atoms with Crippen LogP contribution < -0.4 is 11.1 Å². The number of carboxylic acids is 1. The highest BCUT2D eigenvalue weighted by molar-refractivity contribution is 8.03. The number of guanidine groups is 1. The molecule has 10 heteroatoms. The van der Waals surface area contributed by atoms with Gasteiger partial charge in [0.15, 0.2) is 5.96 Å². The summed E-state index contributed by atoms with van der Waals surface area (Å²) in [6.07, 6.45) is 4.37. The monoisotopic (exact) mass is 451 g/mol. The van der Waals surface area contributed by atoms with Crippen LogP contribution >= 0.6 is 11.8 Å². The summed E-state index contributed by atoms with van der Waals surface area (Å²) in [6, 6.07) is 0.557. The molecule has 1 amide bonds. The number of likely N-dealkylation sites (tertiary alicyclic amines) is 1. The first kappa shape index (κ1) is 22.4. The van der Waals surface area contributed by atoms with Gasteiger partial charge in [-0.3, -0.25) is 15.1 Å². The molecule has 6 N–H and O–H groups in total. The van der Waals surface area contributed by atoms with E-state index in [1.54, 1.807) is 18.7 Å². The van der Waals surface area contributed by atoms with Gasteiger partial charge in [0.25, 0.3) is 0 Å². The molecule has 0 bridgehead atoms. The largest absolute Gasteiger partial charge is 0.477 e. The highest BCUT2D eigenvalue weighted by Crippen LogP contribution is 2.52. The molecule has 4 rings (SSSR count). The van der Waals surface area contributed by atoms with Crippen LogP contribution in [0.3, 0.4) is 0 Å². The number of hydrogen-bond acceptors (Lipinski definition) is 6. The second kappa shape index (κ2) is 8.63. The number of aliphatic hydroxyl groups excluding tert-OH is 1. The summed E-state index contributed by atoms with van der Waals surface area (Å²) in [5, 5.41) is 30.5. The number of carboxylic acid groups (broad SMARTS) is 1. The number of aliphatic carboxylic acids is 1. The number of thioether (sulfide) groups is 1. The van der Waals surface area contributed by atoms with Crippen molar-refractivity contribution in [2.45, 2.75) is 75.4 Å². The molecule has 3 aliphatic heterocycles. The zero-order chi connectivity index (χ0) is 22.4. The van der Waals surface area contributed by atoms with Crippen LogP contribution in [0.5, 0.6) is 0 Å². The number of nitrogens with one attached hydrogen (secondary N) is 2. The van der Waals surface area contributed by atoms with Crippen LogP contribution in [0.15, 0.2) is 10.6 Å². The fourth-order valence-electron chi connectivity index (χ4n) is 5.85. The normalized spacial score (nSPS) is 36.9. The summed E-state index contributed by atoms with van der Waals surface area (Å²) in [4.78, 5) is 29.2. The molecule has 0 unspecified atom stereocenters. The van der Waals surface area contributed by atoms with E-state index in [-0.39, 0.29) is 35.6 Å². The van der Waals surface area contributed by atoms with E-state index in [0.29, 0.717) is 11.3 Å². The average Bonchev–Trinajstić information content (AvgIpc) is 3.24. The van der Waals surface area contributed by atoms with E-state index in [1.165, 1.54) is 4.90 Å². The maximum Gasteiger partial charge on any atom is 0.353 e. The average molecular weight is 452 g/mol. The number of nitrogens with two attached hydrogens (primary N) is 1. The van der Waals surface area contributed by atoms with Gasteiger partial charge in [-0.2, -0.15) is 0 Å². The summed E-state index contributed by atoms with van der Waals surface area (Å²) >= 11 is 1.62. The number of nitrogens with zero attached hydrogens (tertiary/aromatic N) is 2. The van der Waals surface area contributed by atoms with Gasteiger partial charge in [0.2, 0.25) is 5.91 Å². The number of carbonyl (C=O) groups excluding carboxylic acids is 1. The van der Waals surface area contributed by atoms with E-state index in [9.17, 15) is 19.8 Å². The second-order valence-corrected chi connectivity index (χ2v) is 10.7. The molecule has 1 saturated carbocycles. The SMILES string of the molecule is C[C@@H](O)[C@H]1C(=O)N2C(C(=O)O)=C(S[C@@H]3CCN([C@H]4CC[C@H](NC(=N)N)CC4)C3)[C@H](C)[C@H]12. The first-order valence-corrected chi connectivity index (χ1v) is 12.1. The molecule has 0 aromatic rings. The van der Waals surface area contributed by atoms with Crippen LogP contribution in [-0.2, 0) is 9.59 Å². The Morgan fingerprint density at radius 1 is 1.29 bits per heavy atom. The lowest BCUT2D eigenvalue weighted by Gasteiger charge is -2.46. The van der Waals surface area contributed by atoms with Crippen molar-refractivity contribution in [3.05, 3.63) is 10.6 Å². The predicted octanol–water partition coefficient (Wildman–Crippen LogP) is 0.742. The first-order chi connectivity index (χ1) is 14.7. The molecule has 9 nitrogen and oxygen atoms in total. The molecule has 0 aromatic heterocycles. The number of rotatable bonds is 6. The highest BCUT2D eigenvalue weighted by atomic mass is 32.2. The zero-order valence-electron chi connectivity index (χ0n) is 18.1. The predicted molar refractivity (Wildman–Crippen MR) is 118 cm³/mol. The Kier molecular flexibility index (Phi) is 6.24. The number of aliphatic hydroxyl groups is 1. The highest BCUT2D eigenvalue weighted by Gasteiger charge is 2.60. The van der Waals surface area contributed by atoms with Crippen molar-refractivity contribution in [1.82, 2.24) is 15.1 Å². The van der Waals surface area contributed by atoms with Crippen LogP contribution in [0.1, 0.15) is 46.0 Å². The van der Waals surface area contributed by atoms with E-state index in [2.05, 4.69) is 10.2 Å². The molecule has 0 radical (unpaired) electrons. The van der Waals surface area contributed by atoms with Crippen molar-refractivity contribution in [1.29, 1.82) is 5.41 Å². The van der Waals surface area contributed by atoms with Crippen LogP contribution in [0.25, 0.3) is 0 Å². The van der Waals surface area contributed by atoms with Crippen molar-refractivity contribution in [2.24, 2.45) is 17.6 Å². The minimum Gasteiger partial charge on any atom is -0.477 e. The standard InChI is InChI=1S/C21H33N5O4S/c1-10-16-15(11(2)27)19(28)26(16)17(20(29)30)18(10)31-14-7-8-25(9-14)13-5-3-12(4-6-13)24-21(22)23/h10-16,27H,3-9H2,1-2H3,(H,29,30)(H4,22,23,24)/t10-,11-,12-,13-,14-,15-,16-/m1/s1. The third-order valence-electron chi connectivity index (χ3n) is 7.35. The van der Waals surface area contributed by atoms with Crippen molar-refractivity contribution in [3.8, 4) is 0 Å². The second-order valence-electron chi connectivity index (χ2n) is 9.36. The van der Waals surface area contributed by atoms with Gasteiger partial charge in [-0.1, -0.05) is 6.92 Å². The van der Waals surface area contributed by atoms with Gasteiger partial charge in [0.05, 0.1) is 18.1 Å². The van der Waals surface area contributed by atoms with Gasteiger partial charge < -0.3 is 26.2 Å². The molecule has 3 fully saturated rings. The number of carbonyl (C=O) groups is 2. The molecule has 1 aliphatic carbocycles. The number of amides is 1. The quantitative estimate of drug-likeness (QED) is 0.226. The Morgan fingerprint density at radius 3 is 2.55 bits per heavy atom. The molecule has 2 saturated heterocycles. The van der Waals surface area contributed by atoms with E-state index in [1.807, 2.05) is 6.92 Å². The number of β-lactam (4-membered cyclic amide) rings is 1. The summed E-state index contributed by atoms with van der Waals surface area (Å²) in [5.41, 5.74) is 5.58. The topological polar surface area (TPSA) is 143 Å². The Morgan fingerprint density at radius 2 is 1.97 bits per heavy atom. The lowest BCUT2D eigenvalue weighted by atomic mass is 9.79.